The molecule has 0 radical (unpaired) electrons. The summed E-state index contributed by atoms with van der Waals surface area (Å²) in [5.41, 5.74) is 0.591. The van der Waals surface area contributed by atoms with Crippen molar-refractivity contribution in [1.82, 2.24) is 0 Å². The van der Waals surface area contributed by atoms with E-state index in [0.29, 0.717) is 21.4 Å². The van der Waals surface area contributed by atoms with E-state index in [2.05, 4.69) is 0 Å². The fourth-order valence-electron chi connectivity index (χ4n) is 1.61. The third-order valence-corrected chi connectivity index (χ3v) is 3.12. The maximum absolute atomic E-state index is 10.2. The van der Waals surface area contributed by atoms with Gasteiger partial charge in [-0.1, -0.05) is 36.2 Å². The van der Waals surface area contributed by atoms with E-state index in [1.54, 1.807) is 24.3 Å². The van der Waals surface area contributed by atoms with Crippen LogP contribution >= 0.6 is 23.2 Å². The largest absolute Gasteiger partial charge is 0.463 e. The third-order valence-electron chi connectivity index (χ3n) is 2.56. The van der Waals surface area contributed by atoms with Gasteiger partial charge in [0.2, 0.25) is 0 Å². The van der Waals surface area contributed by atoms with Crippen molar-refractivity contribution in [2.24, 2.45) is 0 Å². The zero-order valence-corrected chi connectivity index (χ0v) is 10.8. The first kappa shape index (κ1) is 12.5. The fraction of sp³-hybridized carbons (Fsp3) is 0.231. The molecule has 0 saturated heterocycles. The molecule has 2 aromatic rings. The van der Waals surface area contributed by atoms with E-state index in [-0.39, 0.29) is 0 Å². The quantitative estimate of drug-likeness (QED) is 0.906. The van der Waals surface area contributed by atoms with Gasteiger partial charge in [-0.15, -0.1) is 0 Å². The van der Waals surface area contributed by atoms with Gasteiger partial charge in [-0.2, -0.15) is 0 Å². The molecule has 1 N–H and O–H groups in total. The molecule has 0 saturated carbocycles. The van der Waals surface area contributed by atoms with Gasteiger partial charge in [0.15, 0.2) is 0 Å². The van der Waals surface area contributed by atoms with Crippen LogP contribution in [0.25, 0.3) is 0 Å². The zero-order chi connectivity index (χ0) is 12.4. The van der Waals surface area contributed by atoms with E-state index in [9.17, 15) is 5.11 Å². The first-order valence-corrected chi connectivity index (χ1v) is 6.09. The van der Waals surface area contributed by atoms with Gasteiger partial charge in [-0.3, -0.25) is 0 Å². The molecule has 1 aromatic carbocycles. The Kier molecular flexibility index (Phi) is 3.77. The van der Waals surface area contributed by atoms with Gasteiger partial charge in [0.05, 0.1) is 0 Å². The predicted octanol–water partition coefficient (Wildman–Crippen LogP) is 4.23. The lowest BCUT2D eigenvalue weighted by molar-refractivity contribution is 0.187. The van der Waals surface area contributed by atoms with Crippen molar-refractivity contribution in [2.75, 3.05) is 0 Å². The first-order valence-electron chi connectivity index (χ1n) is 5.33. The molecule has 1 heterocycles. The Morgan fingerprint density at radius 1 is 1.24 bits per heavy atom. The first-order chi connectivity index (χ1) is 8.11. The van der Waals surface area contributed by atoms with Crippen molar-refractivity contribution < 1.29 is 9.52 Å². The molecule has 4 heteroatoms. The normalized spacial score (nSPS) is 12.7. The maximum Gasteiger partial charge on any atom is 0.138 e. The van der Waals surface area contributed by atoms with E-state index < -0.39 is 6.10 Å². The fourth-order valence-corrected chi connectivity index (χ4v) is 2.12. The number of aryl methyl sites for hydroxylation is 1. The molecule has 0 bridgehead atoms. The Labute approximate surface area is 110 Å². The van der Waals surface area contributed by atoms with E-state index in [1.807, 2.05) is 13.0 Å². The monoisotopic (exact) mass is 270 g/mol. The van der Waals surface area contributed by atoms with Crippen molar-refractivity contribution in [3.8, 4) is 0 Å². The van der Waals surface area contributed by atoms with Gasteiger partial charge in [0, 0.05) is 22.0 Å². The second kappa shape index (κ2) is 5.13. The molecule has 90 valence electrons. The average molecular weight is 271 g/mol. The highest BCUT2D eigenvalue weighted by molar-refractivity contribution is 6.35. The van der Waals surface area contributed by atoms with Crippen LogP contribution in [0.2, 0.25) is 10.0 Å². The van der Waals surface area contributed by atoms with E-state index >= 15 is 0 Å². The van der Waals surface area contributed by atoms with Crippen LogP contribution in [-0.4, -0.2) is 5.11 Å². The molecule has 0 amide bonds. The number of halogens is 2. The van der Waals surface area contributed by atoms with Gasteiger partial charge in [-0.25, -0.2) is 0 Å². The second-order valence-electron chi connectivity index (χ2n) is 3.73. The lowest BCUT2D eigenvalue weighted by Crippen LogP contribution is -1.98. The van der Waals surface area contributed by atoms with Crippen LogP contribution < -0.4 is 0 Å². The summed E-state index contributed by atoms with van der Waals surface area (Å²) in [6, 6.07) is 8.60. The van der Waals surface area contributed by atoms with E-state index in [0.717, 1.165) is 12.2 Å². The summed E-state index contributed by atoms with van der Waals surface area (Å²) in [6.07, 6.45) is -0.0683. The van der Waals surface area contributed by atoms with Crippen molar-refractivity contribution in [3.05, 3.63) is 57.5 Å². The minimum atomic E-state index is -0.861. The molecule has 0 aliphatic rings. The second-order valence-corrected chi connectivity index (χ2v) is 4.57. The van der Waals surface area contributed by atoms with Crippen LogP contribution in [0, 0.1) is 0 Å². The van der Waals surface area contributed by atoms with Crippen LogP contribution in [0.15, 0.2) is 34.7 Å². The highest BCUT2D eigenvalue weighted by Gasteiger charge is 2.17. The molecule has 0 aliphatic heterocycles. The number of hydrogen-bond donors (Lipinski definition) is 1. The molecule has 0 spiro atoms. The highest BCUT2D eigenvalue weighted by atomic mass is 35.5. The number of furan rings is 1. The molecule has 17 heavy (non-hydrogen) atoms. The minimum Gasteiger partial charge on any atom is -0.463 e. The predicted molar refractivity (Wildman–Crippen MR) is 68.6 cm³/mol. The standard InChI is InChI=1S/C13H12Cl2O2/c1-2-9-4-6-12(17-9)13(16)10-5-3-8(14)7-11(10)15/h3-7,13,16H,2H2,1H3. The Morgan fingerprint density at radius 3 is 2.59 bits per heavy atom. The number of aliphatic hydroxyl groups excluding tert-OH is 1. The van der Waals surface area contributed by atoms with Gasteiger partial charge >= 0.3 is 0 Å². The Morgan fingerprint density at radius 2 is 2.00 bits per heavy atom. The molecule has 1 aromatic heterocycles. The van der Waals surface area contributed by atoms with Crippen molar-refractivity contribution in [3.63, 3.8) is 0 Å². The lowest BCUT2D eigenvalue weighted by Gasteiger charge is -2.10. The van der Waals surface area contributed by atoms with Crippen LogP contribution in [0.5, 0.6) is 0 Å². The van der Waals surface area contributed by atoms with Crippen molar-refractivity contribution in [2.45, 2.75) is 19.4 Å². The van der Waals surface area contributed by atoms with Gasteiger partial charge in [0.1, 0.15) is 17.6 Å². The topological polar surface area (TPSA) is 33.4 Å². The molecular weight excluding hydrogens is 259 g/mol. The van der Waals surface area contributed by atoms with Crippen molar-refractivity contribution in [1.29, 1.82) is 0 Å². The zero-order valence-electron chi connectivity index (χ0n) is 9.28. The minimum absolute atomic E-state index is 0.430. The molecule has 2 rings (SSSR count). The highest BCUT2D eigenvalue weighted by Crippen LogP contribution is 2.31. The molecule has 1 atom stereocenters. The molecule has 0 aliphatic carbocycles. The summed E-state index contributed by atoms with van der Waals surface area (Å²) in [6.45, 7) is 1.99. The smallest absolute Gasteiger partial charge is 0.138 e. The van der Waals surface area contributed by atoms with Crippen LogP contribution in [0.1, 0.15) is 30.1 Å². The molecule has 1 unspecified atom stereocenters. The van der Waals surface area contributed by atoms with Crippen LogP contribution in [0.4, 0.5) is 0 Å². The Balaban J connectivity index is 2.33. The summed E-state index contributed by atoms with van der Waals surface area (Å²) in [7, 11) is 0. The van der Waals surface area contributed by atoms with Gasteiger partial charge in [-0.05, 0) is 24.3 Å². The van der Waals surface area contributed by atoms with E-state index in [1.165, 1.54) is 0 Å². The van der Waals surface area contributed by atoms with Gasteiger partial charge < -0.3 is 9.52 Å². The molecule has 0 fully saturated rings. The Bertz CT molecular complexity index is 520. The average Bonchev–Trinajstić information content (AvgIpc) is 2.76. The maximum atomic E-state index is 10.2. The summed E-state index contributed by atoms with van der Waals surface area (Å²) < 4.78 is 5.49. The van der Waals surface area contributed by atoms with Crippen LogP contribution in [-0.2, 0) is 6.42 Å². The number of aliphatic hydroxyl groups is 1. The Hall–Kier alpha value is -0.960. The SMILES string of the molecule is CCc1ccc(C(O)c2ccc(Cl)cc2Cl)o1. The number of hydrogen-bond acceptors (Lipinski definition) is 2. The molecule has 2 nitrogen and oxygen atoms in total. The van der Waals surface area contributed by atoms with E-state index in [4.69, 9.17) is 27.6 Å². The summed E-state index contributed by atoms with van der Waals surface area (Å²) in [5, 5.41) is 11.1. The third kappa shape index (κ3) is 2.65. The summed E-state index contributed by atoms with van der Waals surface area (Å²) in [4.78, 5) is 0. The lowest BCUT2D eigenvalue weighted by atomic mass is 10.1. The number of rotatable bonds is 3. The van der Waals surface area contributed by atoms with Gasteiger partial charge in [0.25, 0.3) is 0 Å². The van der Waals surface area contributed by atoms with Crippen LogP contribution in [0.3, 0.4) is 0 Å². The molecular formula is C13H12Cl2O2. The van der Waals surface area contributed by atoms with Crippen molar-refractivity contribution >= 4 is 23.2 Å². The summed E-state index contributed by atoms with van der Waals surface area (Å²) in [5.74, 6) is 1.33. The number of benzene rings is 1. The summed E-state index contributed by atoms with van der Waals surface area (Å²) >= 11 is 11.8.